The van der Waals surface area contributed by atoms with Crippen LogP contribution < -0.4 is 10.2 Å². The first-order valence-corrected chi connectivity index (χ1v) is 10.4. The summed E-state index contributed by atoms with van der Waals surface area (Å²) in [5, 5.41) is 2.66. The van der Waals surface area contributed by atoms with E-state index >= 15 is 0 Å². The van der Waals surface area contributed by atoms with Gasteiger partial charge in [-0.25, -0.2) is 12.8 Å². The van der Waals surface area contributed by atoms with Gasteiger partial charge in [0.05, 0.1) is 38.1 Å². The molecule has 2 aromatic rings. The van der Waals surface area contributed by atoms with Gasteiger partial charge in [-0.05, 0) is 48.0 Å². The van der Waals surface area contributed by atoms with Gasteiger partial charge in [0.1, 0.15) is 5.82 Å². The highest BCUT2D eigenvalue weighted by Crippen LogP contribution is 2.18. The number of benzene rings is 2. The van der Waals surface area contributed by atoms with Crippen molar-refractivity contribution in [2.75, 3.05) is 38.5 Å². The Morgan fingerprint density at radius 1 is 1.14 bits per heavy atom. The van der Waals surface area contributed by atoms with Gasteiger partial charge in [0.2, 0.25) is 15.9 Å². The fraction of sp³-hybridized carbons (Fsp3) is 0.250. The molecule has 0 aliphatic carbocycles. The van der Waals surface area contributed by atoms with Crippen molar-refractivity contribution in [2.45, 2.75) is 4.90 Å². The predicted octanol–water partition coefficient (Wildman–Crippen LogP) is 0.997. The minimum absolute atomic E-state index is 0.209. The summed E-state index contributed by atoms with van der Waals surface area (Å²) in [7, 11) is -1.48. The first-order chi connectivity index (χ1) is 13.3. The Balaban J connectivity index is 1.63. The second-order valence-electron chi connectivity index (χ2n) is 6.76. The number of rotatable bonds is 5. The van der Waals surface area contributed by atoms with Crippen molar-refractivity contribution in [2.24, 2.45) is 0 Å². The van der Waals surface area contributed by atoms with Crippen molar-refractivity contribution < 1.29 is 22.5 Å². The molecule has 2 N–H and O–H groups in total. The number of nitrogens with zero attached hydrogens (tertiary/aromatic N) is 1. The second-order valence-corrected chi connectivity index (χ2v) is 8.70. The van der Waals surface area contributed by atoms with E-state index in [0.29, 0.717) is 24.3 Å². The number of hydrogen-bond donors (Lipinski definition) is 2. The van der Waals surface area contributed by atoms with Crippen molar-refractivity contribution in [3.63, 3.8) is 0 Å². The molecule has 3 rings (SSSR count). The monoisotopic (exact) mass is 404 g/mol. The second kappa shape index (κ2) is 8.64. The summed E-state index contributed by atoms with van der Waals surface area (Å²) in [6.45, 7) is 2.56. The number of halogens is 1. The lowest BCUT2D eigenvalue weighted by Gasteiger charge is -2.29. The highest BCUT2D eigenvalue weighted by molar-refractivity contribution is 7.89. The van der Waals surface area contributed by atoms with Crippen LogP contribution in [-0.4, -0.2) is 51.9 Å². The van der Waals surface area contributed by atoms with Gasteiger partial charge in [0, 0.05) is 11.8 Å². The van der Waals surface area contributed by atoms with Crippen molar-refractivity contribution in [1.82, 2.24) is 4.31 Å². The number of likely N-dealkylation sites (N-methyl/N-ethyl adjacent to an activating group) is 1. The Morgan fingerprint density at radius 2 is 1.82 bits per heavy atom. The van der Waals surface area contributed by atoms with E-state index in [1.54, 1.807) is 24.3 Å². The van der Waals surface area contributed by atoms with Gasteiger partial charge >= 0.3 is 0 Å². The molecule has 6 nitrogen and oxygen atoms in total. The van der Waals surface area contributed by atoms with Crippen molar-refractivity contribution in [3.8, 4) is 0 Å². The minimum atomic E-state index is -3.52. The summed E-state index contributed by atoms with van der Waals surface area (Å²) in [5.74, 6) is -0.761. The number of amides is 1. The lowest BCUT2D eigenvalue weighted by Crippen LogP contribution is -3.12. The molecule has 1 amide bonds. The molecule has 1 saturated heterocycles. The molecule has 0 spiro atoms. The van der Waals surface area contributed by atoms with Crippen LogP contribution in [0.15, 0.2) is 59.5 Å². The van der Waals surface area contributed by atoms with Crippen LogP contribution >= 0.6 is 0 Å². The Kier molecular flexibility index (Phi) is 6.23. The summed E-state index contributed by atoms with van der Waals surface area (Å²) in [5.41, 5.74) is 1.06. The van der Waals surface area contributed by atoms with Crippen LogP contribution in [0.1, 0.15) is 5.56 Å². The molecule has 148 valence electrons. The van der Waals surface area contributed by atoms with E-state index < -0.39 is 10.0 Å². The zero-order valence-corrected chi connectivity index (χ0v) is 16.4. The van der Waals surface area contributed by atoms with E-state index in [0.717, 1.165) is 13.1 Å². The summed E-state index contributed by atoms with van der Waals surface area (Å²) in [6.07, 6.45) is 2.80. The Bertz CT molecular complexity index is 966. The molecular weight excluding hydrogens is 381 g/mol. The van der Waals surface area contributed by atoms with Crippen LogP contribution in [0.25, 0.3) is 6.08 Å². The highest BCUT2D eigenvalue weighted by Gasteiger charge is 2.28. The third kappa shape index (κ3) is 5.03. The average Bonchev–Trinajstić information content (AvgIpc) is 2.67. The first-order valence-electron chi connectivity index (χ1n) is 9.01. The van der Waals surface area contributed by atoms with E-state index in [-0.39, 0.29) is 16.6 Å². The molecule has 0 atom stereocenters. The zero-order chi connectivity index (χ0) is 20.1. The Labute approximate surface area is 164 Å². The molecule has 1 aliphatic heterocycles. The zero-order valence-electron chi connectivity index (χ0n) is 15.6. The van der Waals surface area contributed by atoms with Crippen LogP contribution in [0.3, 0.4) is 0 Å². The summed E-state index contributed by atoms with van der Waals surface area (Å²) < 4.78 is 40.0. The van der Waals surface area contributed by atoms with Crippen LogP contribution in [0.4, 0.5) is 10.1 Å². The standard InChI is InChI=1S/C20H22FN3O3S/c1-23-11-13-24(14-12-23)28(26,27)19-8-6-18(7-9-19)22-20(25)10-5-16-3-2-4-17(21)15-16/h2-10,15H,11-14H2,1H3,(H,22,25)/p+1/b10-5+. The van der Waals surface area contributed by atoms with Gasteiger partial charge < -0.3 is 10.2 Å². The predicted molar refractivity (Wildman–Crippen MR) is 106 cm³/mol. The molecule has 0 radical (unpaired) electrons. The van der Waals surface area contributed by atoms with Crippen LogP contribution in [0.5, 0.6) is 0 Å². The smallest absolute Gasteiger partial charge is 0.248 e. The van der Waals surface area contributed by atoms with E-state index in [1.165, 1.54) is 45.6 Å². The fourth-order valence-corrected chi connectivity index (χ4v) is 4.38. The molecule has 2 aromatic carbocycles. The number of sulfonamides is 1. The molecule has 1 heterocycles. The topological polar surface area (TPSA) is 70.9 Å². The third-order valence-electron chi connectivity index (χ3n) is 4.61. The molecule has 8 heteroatoms. The van der Waals surface area contributed by atoms with E-state index in [2.05, 4.69) is 5.32 Å². The highest BCUT2D eigenvalue weighted by atomic mass is 32.2. The summed E-state index contributed by atoms with van der Waals surface area (Å²) in [6, 6.07) is 12.0. The van der Waals surface area contributed by atoms with Gasteiger partial charge in [-0.3, -0.25) is 4.79 Å². The van der Waals surface area contributed by atoms with Crippen molar-refractivity contribution >= 4 is 27.7 Å². The average molecular weight is 404 g/mol. The van der Waals surface area contributed by atoms with Crippen LogP contribution in [-0.2, 0) is 14.8 Å². The molecule has 0 bridgehead atoms. The number of carbonyl (C=O) groups excluding carboxylic acids is 1. The van der Waals surface area contributed by atoms with Crippen LogP contribution in [0, 0.1) is 5.82 Å². The number of anilines is 1. The summed E-state index contributed by atoms with van der Waals surface area (Å²) >= 11 is 0. The number of nitrogens with one attached hydrogen (secondary N) is 2. The first kappa shape index (κ1) is 20.2. The van der Waals surface area contributed by atoms with E-state index in [9.17, 15) is 17.6 Å². The Morgan fingerprint density at radius 3 is 2.46 bits per heavy atom. The van der Waals surface area contributed by atoms with Crippen LogP contribution in [0.2, 0.25) is 0 Å². The van der Waals surface area contributed by atoms with Gasteiger partial charge in [0.15, 0.2) is 0 Å². The molecule has 1 aliphatic rings. The van der Waals surface area contributed by atoms with Crippen molar-refractivity contribution in [3.05, 3.63) is 66.0 Å². The molecule has 0 saturated carbocycles. The number of carbonyl (C=O) groups is 1. The lowest BCUT2D eigenvalue weighted by molar-refractivity contribution is -0.883. The molecule has 1 fully saturated rings. The lowest BCUT2D eigenvalue weighted by atomic mass is 10.2. The maximum absolute atomic E-state index is 13.1. The molecule has 0 unspecified atom stereocenters. The molecular formula is C20H23FN3O3S+. The SMILES string of the molecule is C[NH+]1CCN(S(=O)(=O)c2ccc(NC(=O)/C=C/c3cccc(F)c3)cc2)CC1. The number of piperazine rings is 1. The number of hydrogen-bond acceptors (Lipinski definition) is 3. The third-order valence-corrected chi connectivity index (χ3v) is 6.52. The van der Waals surface area contributed by atoms with Gasteiger partial charge in [-0.2, -0.15) is 4.31 Å². The van der Waals surface area contributed by atoms with Gasteiger partial charge in [-0.15, -0.1) is 0 Å². The van der Waals surface area contributed by atoms with Gasteiger partial charge in [0.25, 0.3) is 0 Å². The molecule has 28 heavy (non-hydrogen) atoms. The fourth-order valence-electron chi connectivity index (χ4n) is 2.93. The van der Waals surface area contributed by atoms with Gasteiger partial charge in [-0.1, -0.05) is 12.1 Å². The number of quaternary nitrogens is 1. The molecule has 0 aromatic heterocycles. The largest absolute Gasteiger partial charge is 0.335 e. The minimum Gasteiger partial charge on any atom is -0.335 e. The maximum Gasteiger partial charge on any atom is 0.248 e. The normalized spacial score (nSPS) is 16.4. The summed E-state index contributed by atoms with van der Waals surface area (Å²) in [4.78, 5) is 13.5. The van der Waals surface area contributed by atoms with E-state index in [1.807, 2.05) is 7.05 Å². The van der Waals surface area contributed by atoms with Crippen molar-refractivity contribution in [1.29, 1.82) is 0 Å². The maximum atomic E-state index is 13.1. The van der Waals surface area contributed by atoms with E-state index in [4.69, 9.17) is 0 Å². The Hall–Kier alpha value is -2.55. The quantitative estimate of drug-likeness (QED) is 0.731.